The third-order valence-corrected chi connectivity index (χ3v) is 0.975. The fraction of sp³-hybridized carbons (Fsp3) is 0.800. The quantitative estimate of drug-likeness (QED) is 0.348. The van der Waals surface area contributed by atoms with Gasteiger partial charge in [-0.1, -0.05) is 0 Å². The first-order valence-electron chi connectivity index (χ1n) is 2.92. The van der Waals surface area contributed by atoms with Crippen molar-refractivity contribution in [1.29, 1.82) is 0 Å². The Hall–Kier alpha value is -0.650. The van der Waals surface area contributed by atoms with Crippen LogP contribution in [0.3, 0.4) is 0 Å². The highest BCUT2D eigenvalue weighted by Crippen LogP contribution is 1.98. The summed E-state index contributed by atoms with van der Waals surface area (Å²) in [5.74, 6) is 3.97. The van der Waals surface area contributed by atoms with Crippen molar-refractivity contribution in [3.8, 4) is 0 Å². The van der Waals surface area contributed by atoms with Crippen molar-refractivity contribution in [3.63, 3.8) is 0 Å². The van der Waals surface area contributed by atoms with Crippen molar-refractivity contribution in [2.75, 3.05) is 0 Å². The van der Waals surface area contributed by atoms with Gasteiger partial charge in [0.05, 0.1) is 0 Å². The second-order valence-corrected chi connectivity index (χ2v) is 1.86. The number of hydrogen-bond acceptors (Lipinski definition) is 5. The Labute approximate surface area is 58.4 Å². The second kappa shape index (κ2) is 5.16. The molecule has 0 heterocycles. The van der Waals surface area contributed by atoms with E-state index in [0.717, 1.165) is 0 Å². The van der Waals surface area contributed by atoms with Crippen LogP contribution in [0.15, 0.2) is 0 Å². The Bertz CT molecular complexity index is 104. The largest absolute Gasteiger partial charge is 0.373 e. The van der Waals surface area contributed by atoms with Crippen molar-refractivity contribution >= 4 is 5.97 Å². The van der Waals surface area contributed by atoms with Gasteiger partial charge in [0, 0.05) is 6.42 Å². The molecular weight excluding hydrogens is 138 g/mol. The lowest BCUT2D eigenvalue weighted by Gasteiger charge is -2.00. The van der Waals surface area contributed by atoms with Gasteiger partial charge in [0.1, 0.15) is 0 Å². The van der Waals surface area contributed by atoms with Crippen LogP contribution in [0, 0.1) is 0 Å². The summed E-state index contributed by atoms with van der Waals surface area (Å²) >= 11 is 0. The van der Waals surface area contributed by atoms with E-state index in [1.54, 1.807) is 0 Å². The molecule has 0 saturated carbocycles. The molecule has 0 aliphatic rings. The summed E-state index contributed by atoms with van der Waals surface area (Å²) in [6.45, 7) is 0. The van der Waals surface area contributed by atoms with E-state index in [0.29, 0.717) is 6.42 Å². The van der Waals surface area contributed by atoms with Gasteiger partial charge in [-0.3, -0.25) is 4.79 Å². The molecule has 0 atom stereocenters. The molecule has 0 aliphatic heterocycles. The SMILES string of the molecule is NOC(=O)CCCC(O)O. The van der Waals surface area contributed by atoms with Gasteiger partial charge in [-0.2, -0.15) is 5.90 Å². The first-order chi connectivity index (χ1) is 4.66. The number of aliphatic hydroxyl groups is 2. The molecule has 0 aromatic rings. The third kappa shape index (κ3) is 5.49. The zero-order chi connectivity index (χ0) is 7.98. The fourth-order valence-electron chi connectivity index (χ4n) is 0.488. The smallest absolute Gasteiger partial charge is 0.324 e. The van der Waals surface area contributed by atoms with Crippen LogP contribution in [0.4, 0.5) is 0 Å². The molecule has 0 radical (unpaired) electrons. The third-order valence-electron chi connectivity index (χ3n) is 0.975. The van der Waals surface area contributed by atoms with E-state index in [1.165, 1.54) is 0 Å². The molecule has 0 rings (SSSR count). The molecule has 5 heteroatoms. The van der Waals surface area contributed by atoms with Gasteiger partial charge in [0.2, 0.25) is 0 Å². The molecule has 0 fully saturated rings. The highest BCUT2D eigenvalue weighted by molar-refractivity contribution is 5.68. The van der Waals surface area contributed by atoms with E-state index in [2.05, 4.69) is 10.7 Å². The summed E-state index contributed by atoms with van der Waals surface area (Å²) in [6.07, 6.45) is -0.706. The number of carbonyl (C=O) groups excluding carboxylic acids is 1. The molecule has 4 N–H and O–H groups in total. The van der Waals surface area contributed by atoms with Crippen molar-refractivity contribution in [3.05, 3.63) is 0 Å². The maximum atomic E-state index is 10.3. The predicted octanol–water partition coefficient (Wildman–Crippen LogP) is -1.12. The van der Waals surface area contributed by atoms with Crippen LogP contribution in [-0.4, -0.2) is 22.5 Å². The Morgan fingerprint density at radius 1 is 1.60 bits per heavy atom. The molecule has 5 nitrogen and oxygen atoms in total. The zero-order valence-electron chi connectivity index (χ0n) is 5.49. The van der Waals surface area contributed by atoms with Crippen LogP contribution >= 0.6 is 0 Å². The molecule has 0 amide bonds. The van der Waals surface area contributed by atoms with Crippen LogP contribution in [0.25, 0.3) is 0 Å². The molecule has 0 bridgehead atoms. The van der Waals surface area contributed by atoms with Gasteiger partial charge >= 0.3 is 5.97 Å². The molecule has 0 aromatic heterocycles. The van der Waals surface area contributed by atoms with Crippen molar-refractivity contribution in [1.82, 2.24) is 0 Å². The monoisotopic (exact) mass is 149 g/mol. The van der Waals surface area contributed by atoms with E-state index in [1.807, 2.05) is 0 Å². The van der Waals surface area contributed by atoms with Crippen LogP contribution in [0.1, 0.15) is 19.3 Å². The average Bonchev–Trinajstić information content (AvgIpc) is 1.87. The minimum absolute atomic E-state index is 0.119. The van der Waals surface area contributed by atoms with Crippen LogP contribution in [0.2, 0.25) is 0 Å². The molecular formula is C5H11NO4. The molecule has 0 aliphatic carbocycles. The van der Waals surface area contributed by atoms with Gasteiger partial charge in [0.15, 0.2) is 6.29 Å². The molecule has 0 aromatic carbocycles. The molecule has 0 unspecified atom stereocenters. The summed E-state index contributed by atoms with van der Waals surface area (Å²) in [7, 11) is 0. The molecule has 10 heavy (non-hydrogen) atoms. The second-order valence-electron chi connectivity index (χ2n) is 1.86. The van der Waals surface area contributed by atoms with E-state index in [9.17, 15) is 4.79 Å². The number of hydrogen-bond donors (Lipinski definition) is 3. The number of carbonyl (C=O) groups is 1. The summed E-state index contributed by atoms with van der Waals surface area (Å²) in [5, 5.41) is 16.6. The maximum absolute atomic E-state index is 10.3. The highest BCUT2D eigenvalue weighted by atomic mass is 16.7. The first kappa shape index (κ1) is 9.35. The van der Waals surface area contributed by atoms with Crippen LogP contribution < -0.4 is 5.90 Å². The Balaban J connectivity index is 3.12. The minimum atomic E-state index is -1.36. The van der Waals surface area contributed by atoms with E-state index < -0.39 is 12.3 Å². The highest BCUT2D eigenvalue weighted by Gasteiger charge is 2.02. The lowest BCUT2D eigenvalue weighted by Crippen LogP contribution is -2.11. The Morgan fingerprint density at radius 2 is 2.20 bits per heavy atom. The summed E-state index contributed by atoms with van der Waals surface area (Å²) in [5.41, 5.74) is 0. The van der Waals surface area contributed by atoms with Gasteiger partial charge in [-0.25, -0.2) is 0 Å². The fourth-order valence-corrected chi connectivity index (χ4v) is 0.488. The van der Waals surface area contributed by atoms with Crippen molar-refractivity contribution < 1.29 is 19.8 Å². The summed E-state index contributed by atoms with van der Waals surface area (Å²) in [4.78, 5) is 14.1. The zero-order valence-corrected chi connectivity index (χ0v) is 5.49. The maximum Gasteiger partial charge on any atom is 0.324 e. The van der Waals surface area contributed by atoms with Crippen molar-refractivity contribution in [2.45, 2.75) is 25.6 Å². The van der Waals surface area contributed by atoms with Crippen LogP contribution in [0.5, 0.6) is 0 Å². The Morgan fingerprint density at radius 3 is 2.60 bits per heavy atom. The van der Waals surface area contributed by atoms with E-state index in [-0.39, 0.29) is 12.8 Å². The van der Waals surface area contributed by atoms with Gasteiger partial charge in [-0.15, -0.1) is 0 Å². The predicted molar refractivity (Wildman–Crippen MR) is 32.4 cm³/mol. The number of rotatable bonds is 4. The molecule has 0 spiro atoms. The topological polar surface area (TPSA) is 92.8 Å². The average molecular weight is 149 g/mol. The first-order valence-corrected chi connectivity index (χ1v) is 2.92. The van der Waals surface area contributed by atoms with Gasteiger partial charge in [0.25, 0.3) is 0 Å². The van der Waals surface area contributed by atoms with Crippen LogP contribution in [-0.2, 0) is 9.63 Å². The number of nitrogens with two attached hydrogens (primary N) is 1. The standard InChI is InChI=1S/C5H11NO4/c6-10-5(9)3-1-2-4(7)8/h4,7-8H,1-3,6H2. The molecule has 0 saturated heterocycles. The number of aliphatic hydroxyl groups excluding tert-OH is 1. The van der Waals surface area contributed by atoms with Gasteiger partial charge < -0.3 is 15.1 Å². The molecule has 60 valence electrons. The normalized spacial score (nSPS) is 10.0. The van der Waals surface area contributed by atoms with Crippen molar-refractivity contribution in [2.24, 2.45) is 5.90 Å². The van der Waals surface area contributed by atoms with E-state index >= 15 is 0 Å². The van der Waals surface area contributed by atoms with Gasteiger partial charge in [-0.05, 0) is 12.8 Å². The summed E-state index contributed by atoms with van der Waals surface area (Å²) in [6, 6.07) is 0. The minimum Gasteiger partial charge on any atom is -0.373 e. The Kier molecular flexibility index (Phi) is 4.82. The van der Waals surface area contributed by atoms with E-state index in [4.69, 9.17) is 10.2 Å². The lowest BCUT2D eigenvalue weighted by atomic mass is 10.2. The summed E-state index contributed by atoms with van der Waals surface area (Å²) < 4.78 is 0. The lowest BCUT2D eigenvalue weighted by molar-refractivity contribution is -0.144.